The van der Waals surface area contributed by atoms with Crippen LogP contribution in [-0.4, -0.2) is 18.6 Å². The van der Waals surface area contributed by atoms with Gasteiger partial charge in [0.1, 0.15) is 5.44 Å². The molecule has 0 saturated carbocycles. The molecular weight excluding hydrogens is 340 g/mol. The van der Waals surface area contributed by atoms with Crippen LogP contribution in [0, 0.1) is 0 Å². The van der Waals surface area contributed by atoms with Crippen molar-refractivity contribution in [2.75, 3.05) is 7.11 Å². The van der Waals surface area contributed by atoms with E-state index in [1.807, 2.05) is 12.1 Å². The Hall–Kier alpha value is -1.29. The molecule has 142 valence electrons. The predicted molar refractivity (Wildman–Crippen MR) is 111 cm³/mol. The van der Waals surface area contributed by atoms with Gasteiger partial charge in [0, 0.05) is 12.0 Å². The lowest BCUT2D eigenvalue weighted by Gasteiger charge is -2.26. The molecule has 3 heteroatoms. The van der Waals surface area contributed by atoms with Crippen LogP contribution in [0.2, 0.25) is 0 Å². The van der Waals surface area contributed by atoms with Crippen LogP contribution in [-0.2, 0) is 16.1 Å². The Kier molecular flexibility index (Phi) is 10.5. The van der Waals surface area contributed by atoms with Crippen LogP contribution < -0.4 is 0 Å². The summed E-state index contributed by atoms with van der Waals surface area (Å²) in [5, 5.41) is 0. The average Bonchev–Trinajstić information content (AvgIpc) is 2.70. The van der Waals surface area contributed by atoms with E-state index in [4.69, 9.17) is 9.47 Å². The third-order valence-corrected chi connectivity index (χ3v) is 5.70. The lowest BCUT2D eigenvalue weighted by atomic mass is 10.1. The molecule has 0 aliphatic rings. The first-order valence-corrected chi connectivity index (χ1v) is 10.6. The highest BCUT2D eigenvalue weighted by molar-refractivity contribution is 7.99. The summed E-state index contributed by atoms with van der Waals surface area (Å²) in [7, 11) is 1.79. The van der Waals surface area contributed by atoms with Gasteiger partial charge in [0.05, 0.1) is 12.7 Å². The van der Waals surface area contributed by atoms with Crippen LogP contribution in [0.3, 0.4) is 0 Å². The molecule has 0 spiro atoms. The van der Waals surface area contributed by atoms with Gasteiger partial charge >= 0.3 is 0 Å². The first-order valence-electron chi connectivity index (χ1n) is 9.73. The Labute approximate surface area is 163 Å². The van der Waals surface area contributed by atoms with Crippen molar-refractivity contribution in [2.45, 2.75) is 68.5 Å². The Morgan fingerprint density at radius 1 is 0.846 bits per heavy atom. The number of hydrogen-bond donors (Lipinski definition) is 0. The Bertz CT molecular complexity index is 573. The van der Waals surface area contributed by atoms with Gasteiger partial charge in [0.15, 0.2) is 0 Å². The normalized spacial score (nSPS) is 13.5. The molecule has 2 atom stereocenters. The Morgan fingerprint density at radius 3 is 2.15 bits per heavy atom. The molecule has 0 unspecified atom stereocenters. The van der Waals surface area contributed by atoms with Crippen molar-refractivity contribution in [3.05, 3.63) is 66.2 Å². The molecule has 2 aromatic carbocycles. The molecule has 2 rings (SSSR count). The van der Waals surface area contributed by atoms with Crippen molar-refractivity contribution in [1.82, 2.24) is 0 Å². The highest BCUT2D eigenvalue weighted by atomic mass is 32.2. The zero-order valence-electron chi connectivity index (χ0n) is 16.1. The largest absolute Gasteiger partial charge is 0.370 e. The standard InChI is InChI=1S/C23H32O2S/c1-3-4-5-6-13-18-22(25-19-20-14-9-7-10-15-20)23(24-2)26-21-16-11-8-12-17-21/h7-12,14-17,22-23H,3-6,13,18-19H2,1-2H3/t22-,23+/m0/s1. The maximum atomic E-state index is 6.31. The van der Waals surface area contributed by atoms with Gasteiger partial charge in [-0.2, -0.15) is 0 Å². The second kappa shape index (κ2) is 13.0. The van der Waals surface area contributed by atoms with Gasteiger partial charge in [0.25, 0.3) is 0 Å². The fraction of sp³-hybridized carbons (Fsp3) is 0.478. The molecule has 0 saturated heterocycles. The average molecular weight is 373 g/mol. The maximum absolute atomic E-state index is 6.31. The lowest BCUT2D eigenvalue weighted by Crippen LogP contribution is -2.28. The maximum Gasteiger partial charge on any atom is 0.133 e. The minimum atomic E-state index is 0.00675. The summed E-state index contributed by atoms with van der Waals surface area (Å²) in [5.41, 5.74) is 1.22. The van der Waals surface area contributed by atoms with Crippen LogP contribution in [0.4, 0.5) is 0 Å². The summed E-state index contributed by atoms with van der Waals surface area (Å²) in [5.74, 6) is 0. The number of ether oxygens (including phenoxy) is 2. The van der Waals surface area contributed by atoms with Crippen molar-refractivity contribution in [1.29, 1.82) is 0 Å². The van der Waals surface area contributed by atoms with E-state index in [-0.39, 0.29) is 11.5 Å². The van der Waals surface area contributed by atoms with Gasteiger partial charge in [0.2, 0.25) is 0 Å². The molecule has 2 nitrogen and oxygen atoms in total. The molecule has 0 N–H and O–H groups in total. The molecule has 0 bridgehead atoms. The minimum absolute atomic E-state index is 0.00675. The van der Waals surface area contributed by atoms with E-state index in [1.54, 1.807) is 18.9 Å². The molecule has 26 heavy (non-hydrogen) atoms. The minimum Gasteiger partial charge on any atom is -0.370 e. The number of methoxy groups -OCH3 is 1. The Balaban J connectivity index is 1.94. The highest BCUT2D eigenvalue weighted by Crippen LogP contribution is 2.29. The van der Waals surface area contributed by atoms with E-state index in [1.165, 1.54) is 42.6 Å². The Morgan fingerprint density at radius 2 is 1.50 bits per heavy atom. The molecule has 0 fully saturated rings. The zero-order chi connectivity index (χ0) is 18.5. The van der Waals surface area contributed by atoms with Gasteiger partial charge in [-0.05, 0) is 24.1 Å². The van der Waals surface area contributed by atoms with E-state index in [9.17, 15) is 0 Å². The molecule has 2 aromatic rings. The van der Waals surface area contributed by atoms with Gasteiger partial charge in [-0.3, -0.25) is 0 Å². The fourth-order valence-corrected chi connectivity index (χ4v) is 3.98. The van der Waals surface area contributed by atoms with Gasteiger partial charge in [-0.15, -0.1) is 0 Å². The summed E-state index contributed by atoms with van der Waals surface area (Å²) >= 11 is 1.75. The molecule has 0 aliphatic carbocycles. The van der Waals surface area contributed by atoms with Gasteiger partial charge in [-0.1, -0.05) is 99.3 Å². The number of thioether (sulfide) groups is 1. The summed E-state index contributed by atoms with van der Waals surface area (Å²) < 4.78 is 12.1. The summed E-state index contributed by atoms with van der Waals surface area (Å²) in [4.78, 5) is 1.22. The molecule has 0 heterocycles. The second-order valence-electron chi connectivity index (χ2n) is 6.57. The molecule has 0 aliphatic heterocycles. The second-order valence-corrected chi connectivity index (χ2v) is 7.74. The third-order valence-electron chi connectivity index (χ3n) is 4.43. The number of benzene rings is 2. The summed E-state index contributed by atoms with van der Waals surface area (Å²) in [6, 6.07) is 20.8. The molecule has 0 radical (unpaired) electrons. The molecule has 0 amide bonds. The molecular formula is C23H32O2S. The van der Waals surface area contributed by atoms with E-state index in [2.05, 4.69) is 55.5 Å². The van der Waals surface area contributed by atoms with Gasteiger partial charge < -0.3 is 9.47 Å². The van der Waals surface area contributed by atoms with E-state index >= 15 is 0 Å². The zero-order valence-corrected chi connectivity index (χ0v) is 16.9. The monoisotopic (exact) mass is 372 g/mol. The van der Waals surface area contributed by atoms with Crippen LogP contribution in [0.15, 0.2) is 65.6 Å². The van der Waals surface area contributed by atoms with E-state index < -0.39 is 0 Å². The number of hydrogen-bond acceptors (Lipinski definition) is 3. The van der Waals surface area contributed by atoms with Gasteiger partial charge in [-0.25, -0.2) is 0 Å². The number of rotatable bonds is 13. The van der Waals surface area contributed by atoms with Crippen molar-refractivity contribution in [3.63, 3.8) is 0 Å². The van der Waals surface area contributed by atoms with Crippen molar-refractivity contribution >= 4 is 11.8 Å². The fourth-order valence-electron chi connectivity index (χ4n) is 2.93. The van der Waals surface area contributed by atoms with E-state index in [0.717, 1.165) is 6.42 Å². The molecule has 0 aromatic heterocycles. The highest BCUT2D eigenvalue weighted by Gasteiger charge is 2.23. The topological polar surface area (TPSA) is 18.5 Å². The SMILES string of the molecule is CCCCCCC[C@H](OCc1ccccc1)[C@H](OC)Sc1ccccc1. The number of unbranched alkanes of at least 4 members (excludes halogenated alkanes) is 4. The third kappa shape index (κ3) is 7.94. The summed E-state index contributed by atoms with van der Waals surface area (Å²) in [6.07, 6.45) is 7.49. The van der Waals surface area contributed by atoms with E-state index in [0.29, 0.717) is 6.61 Å². The lowest BCUT2D eigenvalue weighted by molar-refractivity contribution is -0.0315. The van der Waals surface area contributed by atoms with Crippen LogP contribution in [0.25, 0.3) is 0 Å². The van der Waals surface area contributed by atoms with Crippen LogP contribution >= 0.6 is 11.8 Å². The predicted octanol–water partition coefficient (Wildman–Crippen LogP) is 6.70. The quantitative estimate of drug-likeness (QED) is 0.221. The van der Waals surface area contributed by atoms with Crippen molar-refractivity contribution < 1.29 is 9.47 Å². The van der Waals surface area contributed by atoms with Crippen LogP contribution in [0.1, 0.15) is 51.0 Å². The summed E-state index contributed by atoms with van der Waals surface area (Å²) in [6.45, 7) is 2.89. The smallest absolute Gasteiger partial charge is 0.133 e. The first kappa shape index (κ1) is 21.0. The van der Waals surface area contributed by atoms with Crippen molar-refractivity contribution in [2.24, 2.45) is 0 Å². The van der Waals surface area contributed by atoms with Crippen molar-refractivity contribution in [3.8, 4) is 0 Å². The first-order chi connectivity index (χ1) is 12.8. The van der Waals surface area contributed by atoms with Crippen LogP contribution in [0.5, 0.6) is 0 Å².